The quantitative estimate of drug-likeness (QED) is 0.602. The molecular formula is C13H8F3NO2. The van der Waals surface area contributed by atoms with E-state index in [9.17, 15) is 23.3 Å². The van der Waals surface area contributed by atoms with Gasteiger partial charge in [0.25, 0.3) is 5.69 Å². The average Bonchev–Trinajstić information content (AvgIpc) is 2.38. The van der Waals surface area contributed by atoms with Crippen LogP contribution in [0.1, 0.15) is 5.56 Å². The molecule has 0 amide bonds. The Bertz CT molecular complexity index is 606. The van der Waals surface area contributed by atoms with E-state index in [1.807, 2.05) is 0 Å². The number of rotatable bonds is 2. The molecule has 0 aliphatic heterocycles. The summed E-state index contributed by atoms with van der Waals surface area (Å²) in [6, 6.07) is 10.2. The van der Waals surface area contributed by atoms with Crippen LogP contribution in [0.2, 0.25) is 0 Å². The number of nitro groups is 1. The van der Waals surface area contributed by atoms with Crippen molar-refractivity contribution in [2.75, 3.05) is 0 Å². The maximum atomic E-state index is 12.4. The van der Waals surface area contributed by atoms with Gasteiger partial charge >= 0.3 is 6.18 Å². The number of nitro benzene ring substituents is 1. The van der Waals surface area contributed by atoms with E-state index in [0.29, 0.717) is 11.1 Å². The minimum absolute atomic E-state index is 0.137. The third-order valence-electron chi connectivity index (χ3n) is 2.62. The Labute approximate surface area is 106 Å². The zero-order chi connectivity index (χ0) is 14.0. The van der Waals surface area contributed by atoms with Crippen molar-refractivity contribution in [3.05, 3.63) is 64.2 Å². The molecule has 0 radical (unpaired) electrons. The highest BCUT2D eigenvalue weighted by molar-refractivity contribution is 5.73. The lowest BCUT2D eigenvalue weighted by Crippen LogP contribution is -2.04. The predicted molar refractivity (Wildman–Crippen MR) is 63.5 cm³/mol. The van der Waals surface area contributed by atoms with Crippen molar-refractivity contribution in [3.8, 4) is 11.1 Å². The largest absolute Gasteiger partial charge is 0.416 e. The zero-order valence-corrected chi connectivity index (χ0v) is 9.52. The van der Waals surface area contributed by atoms with Crippen LogP contribution in [-0.4, -0.2) is 4.92 Å². The molecule has 2 rings (SSSR count). The Balaban J connectivity index is 2.46. The number of benzene rings is 2. The minimum Gasteiger partial charge on any atom is -0.258 e. The van der Waals surface area contributed by atoms with E-state index in [2.05, 4.69) is 0 Å². The van der Waals surface area contributed by atoms with E-state index in [0.717, 1.165) is 12.1 Å². The van der Waals surface area contributed by atoms with Gasteiger partial charge in [-0.2, -0.15) is 13.2 Å². The van der Waals surface area contributed by atoms with Gasteiger partial charge in [0.15, 0.2) is 0 Å². The molecule has 19 heavy (non-hydrogen) atoms. The topological polar surface area (TPSA) is 43.1 Å². The van der Waals surface area contributed by atoms with Crippen LogP contribution in [0.4, 0.5) is 18.9 Å². The number of hydrogen-bond acceptors (Lipinski definition) is 2. The van der Waals surface area contributed by atoms with Crippen molar-refractivity contribution in [2.24, 2.45) is 0 Å². The highest BCUT2D eigenvalue weighted by atomic mass is 19.4. The van der Waals surface area contributed by atoms with Crippen molar-refractivity contribution in [1.82, 2.24) is 0 Å². The summed E-state index contributed by atoms with van der Waals surface area (Å²) in [4.78, 5) is 10.3. The Kier molecular flexibility index (Phi) is 3.25. The molecular weight excluding hydrogens is 259 g/mol. The summed E-state index contributed by atoms with van der Waals surface area (Å²) < 4.78 is 37.3. The second kappa shape index (κ2) is 4.72. The van der Waals surface area contributed by atoms with Crippen LogP contribution < -0.4 is 0 Å². The Morgan fingerprint density at radius 3 is 2.05 bits per heavy atom. The SMILES string of the molecule is O=[N+]([O-])c1ccccc1-c1ccc(C(F)(F)F)cc1. The number of para-hydroxylation sites is 1. The highest BCUT2D eigenvalue weighted by Crippen LogP contribution is 2.33. The summed E-state index contributed by atoms with van der Waals surface area (Å²) in [7, 11) is 0. The molecule has 0 aromatic heterocycles. The van der Waals surface area contributed by atoms with Crippen LogP contribution in [0.25, 0.3) is 11.1 Å². The van der Waals surface area contributed by atoms with Crippen molar-refractivity contribution in [2.45, 2.75) is 6.18 Å². The molecule has 0 unspecified atom stereocenters. The van der Waals surface area contributed by atoms with Crippen LogP contribution in [0, 0.1) is 10.1 Å². The number of alkyl halides is 3. The van der Waals surface area contributed by atoms with E-state index in [1.54, 1.807) is 6.07 Å². The van der Waals surface area contributed by atoms with Crippen LogP contribution >= 0.6 is 0 Å². The van der Waals surface area contributed by atoms with Crippen LogP contribution in [0.3, 0.4) is 0 Å². The Morgan fingerprint density at radius 1 is 0.947 bits per heavy atom. The van der Waals surface area contributed by atoms with E-state index in [-0.39, 0.29) is 5.69 Å². The molecule has 0 fully saturated rings. The van der Waals surface area contributed by atoms with Gasteiger partial charge in [-0.3, -0.25) is 10.1 Å². The maximum Gasteiger partial charge on any atom is 0.416 e. The third-order valence-corrected chi connectivity index (χ3v) is 2.62. The Hall–Kier alpha value is -2.37. The van der Waals surface area contributed by atoms with Gasteiger partial charge in [-0.05, 0) is 23.8 Å². The molecule has 0 aliphatic carbocycles. The molecule has 6 heteroatoms. The van der Waals surface area contributed by atoms with Gasteiger partial charge in [-0.15, -0.1) is 0 Å². The van der Waals surface area contributed by atoms with Gasteiger partial charge in [0.2, 0.25) is 0 Å². The molecule has 98 valence electrons. The van der Waals surface area contributed by atoms with E-state index >= 15 is 0 Å². The molecule has 0 saturated carbocycles. The summed E-state index contributed by atoms with van der Waals surface area (Å²) in [5.74, 6) is 0. The lowest BCUT2D eigenvalue weighted by atomic mass is 10.0. The zero-order valence-electron chi connectivity index (χ0n) is 9.52. The number of halogens is 3. The van der Waals surface area contributed by atoms with Crippen molar-refractivity contribution in [3.63, 3.8) is 0 Å². The first-order valence-corrected chi connectivity index (χ1v) is 5.30. The number of nitrogens with zero attached hydrogens (tertiary/aromatic N) is 1. The first-order valence-electron chi connectivity index (χ1n) is 5.30. The lowest BCUT2D eigenvalue weighted by Gasteiger charge is -2.08. The minimum atomic E-state index is -4.42. The summed E-state index contributed by atoms with van der Waals surface area (Å²) in [5, 5.41) is 10.8. The van der Waals surface area contributed by atoms with Gasteiger partial charge in [0.1, 0.15) is 0 Å². The van der Waals surface area contributed by atoms with Gasteiger partial charge in [0, 0.05) is 6.07 Å². The molecule has 2 aromatic carbocycles. The smallest absolute Gasteiger partial charge is 0.258 e. The van der Waals surface area contributed by atoms with Gasteiger partial charge in [0.05, 0.1) is 16.1 Å². The van der Waals surface area contributed by atoms with Gasteiger partial charge in [-0.1, -0.05) is 24.3 Å². The van der Waals surface area contributed by atoms with Crippen molar-refractivity contribution < 1.29 is 18.1 Å². The molecule has 3 nitrogen and oxygen atoms in total. The molecule has 2 aromatic rings. The fraction of sp³-hybridized carbons (Fsp3) is 0.0769. The predicted octanol–water partition coefficient (Wildman–Crippen LogP) is 4.28. The molecule has 0 heterocycles. The monoisotopic (exact) mass is 267 g/mol. The summed E-state index contributed by atoms with van der Waals surface area (Å²) in [6.45, 7) is 0. The summed E-state index contributed by atoms with van der Waals surface area (Å²) in [6.07, 6.45) is -4.42. The summed E-state index contributed by atoms with van der Waals surface area (Å²) in [5.41, 5.74) is -0.251. The fourth-order valence-electron chi connectivity index (χ4n) is 1.72. The molecule has 0 saturated heterocycles. The third kappa shape index (κ3) is 2.73. The number of hydrogen-bond donors (Lipinski definition) is 0. The first-order chi connectivity index (χ1) is 8.89. The van der Waals surface area contributed by atoms with Crippen molar-refractivity contribution >= 4 is 5.69 Å². The van der Waals surface area contributed by atoms with Crippen molar-refractivity contribution in [1.29, 1.82) is 0 Å². The van der Waals surface area contributed by atoms with Gasteiger partial charge in [-0.25, -0.2) is 0 Å². The van der Waals surface area contributed by atoms with Crippen LogP contribution in [-0.2, 0) is 6.18 Å². The Morgan fingerprint density at radius 2 is 1.53 bits per heavy atom. The van der Waals surface area contributed by atoms with E-state index in [4.69, 9.17) is 0 Å². The molecule has 0 atom stereocenters. The van der Waals surface area contributed by atoms with E-state index in [1.165, 1.54) is 30.3 Å². The second-order valence-electron chi connectivity index (χ2n) is 3.85. The summed E-state index contributed by atoms with van der Waals surface area (Å²) >= 11 is 0. The fourth-order valence-corrected chi connectivity index (χ4v) is 1.72. The second-order valence-corrected chi connectivity index (χ2v) is 3.85. The maximum absolute atomic E-state index is 12.4. The van der Waals surface area contributed by atoms with Crippen LogP contribution in [0.5, 0.6) is 0 Å². The standard InChI is InChI=1S/C13H8F3NO2/c14-13(15,16)10-7-5-9(6-8-10)11-3-1-2-4-12(11)17(18)19/h1-8H. The van der Waals surface area contributed by atoms with E-state index < -0.39 is 16.7 Å². The lowest BCUT2D eigenvalue weighted by molar-refractivity contribution is -0.384. The molecule has 0 bridgehead atoms. The molecule has 0 N–H and O–H groups in total. The molecule has 0 spiro atoms. The van der Waals surface area contributed by atoms with Gasteiger partial charge < -0.3 is 0 Å². The normalized spacial score (nSPS) is 11.3. The molecule has 0 aliphatic rings. The van der Waals surface area contributed by atoms with Crippen LogP contribution in [0.15, 0.2) is 48.5 Å². The first kappa shape index (κ1) is 13.1. The highest BCUT2D eigenvalue weighted by Gasteiger charge is 2.30. The average molecular weight is 267 g/mol.